The normalized spacial score (nSPS) is 7.27. The molecular formula is C15H35N5O10. The van der Waals surface area contributed by atoms with Gasteiger partial charge in [-0.3, -0.25) is 29.0 Å². The first-order valence-electron chi connectivity index (χ1n) is 7.87. The van der Waals surface area contributed by atoms with Gasteiger partial charge in [0.25, 0.3) is 29.8 Å². The first kappa shape index (κ1) is 41.0. The zero-order valence-corrected chi connectivity index (χ0v) is 17.8. The van der Waals surface area contributed by atoms with Crippen molar-refractivity contribution in [3.63, 3.8) is 0 Å². The van der Waals surface area contributed by atoms with Crippen LogP contribution in [0.5, 0.6) is 0 Å². The van der Waals surface area contributed by atoms with E-state index in [1.54, 1.807) is 0 Å². The van der Waals surface area contributed by atoms with E-state index >= 15 is 0 Å². The van der Waals surface area contributed by atoms with Crippen molar-refractivity contribution in [2.24, 2.45) is 22.2 Å². The summed E-state index contributed by atoms with van der Waals surface area (Å²) in [6.07, 6.45) is 0. The van der Waals surface area contributed by atoms with Crippen LogP contribution >= 0.6 is 0 Å². The number of carboxylic acid groups (broad SMARTS) is 5. The summed E-state index contributed by atoms with van der Waals surface area (Å²) < 4.78 is 0. The molecular weight excluding hydrogens is 410 g/mol. The summed E-state index contributed by atoms with van der Waals surface area (Å²) in [6.45, 7) is 8.25. The van der Waals surface area contributed by atoms with E-state index in [2.05, 4.69) is 10.3 Å². The predicted octanol–water partition coefficient (Wildman–Crippen LogP) is -1.74. The summed E-state index contributed by atoms with van der Waals surface area (Å²) in [7, 11) is 0. The van der Waals surface area contributed by atoms with Gasteiger partial charge in [0.1, 0.15) is 0 Å². The summed E-state index contributed by atoms with van der Waals surface area (Å²) in [5, 5.41) is 40.1. The Hall–Kier alpha value is -3.46. The number of rotatable bonds is 5. The topological polar surface area (TPSA) is 289 Å². The minimum Gasteiger partial charge on any atom is -0.481 e. The molecule has 0 aliphatic rings. The molecule has 0 spiro atoms. The highest BCUT2D eigenvalue weighted by Gasteiger charge is 1.82. The number of nitrogens with two attached hydrogens (primary N) is 3. The van der Waals surface area contributed by atoms with Gasteiger partial charge in [-0.1, -0.05) is 0 Å². The van der Waals surface area contributed by atoms with Crippen molar-refractivity contribution in [2.75, 3.05) is 26.2 Å². The Labute approximate surface area is 174 Å². The van der Waals surface area contributed by atoms with E-state index in [9.17, 15) is 0 Å². The number of carboxylic acids is 5. The summed E-state index contributed by atoms with van der Waals surface area (Å²) >= 11 is 0. The van der Waals surface area contributed by atoms with Gasteiger partial charge < -0.3 is 48.1 Å². The highest BCUT2D eigenvalue weighted by Crippen LogP contribution is 1.64. The van der Waals surface area contributed by atoms with Gasteiger partial charge in [0.15, 0.2) is 5.96 Å². The monoisotopic (exact) mass is 445 g/mol. The highest BCUT2D eigenvalue weighted by atomic mass is 16.4. The first-order valence-corrected chi connectivity index (χ1v) is 7.87. The quantitative estimate of drug-likeness (QED) is 0.129. The lowest BCUT2D eigenvalue weighted by molar-refractivity contribution is -0.135. The first-order chi connectivity index (χ1) is 13.4. The summed E-state index contributed by atoms with van der Waals surface area (Å²) in [5.41, 5.74) is 15.4. The van der Waals surface area contributed by atoms with E-state index in [0.29, 0.717) is 13.1 Å². The lowest BCUT2D eigenvalue weighted by atomic mass is 10.6. The maximum Gasteiger partial charge on any atom is 0.300 e. The zero-order chi connectivity index (χ0) is 25.7. The van der Waals surface area contributed by atoms with Crippen LogP contribution in [0.4, 0.5) is 0 Å². The molecule has 0 aliphatic heterocycles. The van der Waals surface area contributed by atoms with Crippen LogP contribution in [0.3, 0.4) is 0 Å². The Bertz CT molecular complexity index is 391. The van der Waals surface area contributed by atoms with Crippen LogP contribution in [0.1, 0.15) is 34.6 Å². The maximum absolute atomic E-state index is 9.00. The third-order valence-corrected chi connectivity index (χ3v) is 0.904. The van der Waals surface area contributed by atoms with E-state index in [1.807, 2.05) is 0 Å². The number of aliphatic imine (C=N–C) groups is 1. The summed E-state index contributed by atoms with van der Waals surface area (Å²) in [6, 6.07) is 0. The van der Waals surface area contributed by atoms with Crippen LogP contribution < -0.4 is 22.5 Å². The SMILES string of the molecule is CC(=O)O.CC(=O)O.CC(=O)O.CC(=O)O.CC(=O)O.NCCNCCN=C(N)N. The van der Waals surface area contributed by atoms with Crippen LogP contribution in [-0.2, 0) is 24.0 Å². The molecule has 0 aromatic carbocycles. The molecule has 0 saturated carbocycles. The summed E-state index contributed by atoms with van der Waals surface area (Å²) in [4.78, 5) is 48.8. The van der Waals surface area contributed by atoms with Crippen LogP contribution in [0.15, 0.2) is 4.99 Å². The van der Waals surface area contributed by atoms with Crippen LogP contribution in [0.25, 0.3) is 0 Å². The molecule has 0 aromatic heterocycles. The molecule has 15 nitrogen and oxygen atoms in total. The average Bonchev–Trinajstić information content (AvgIpc) is 2.43. The van der Waals surface area contributed by atoms with E-state index in [1.165, 1.54) is 0 Å². The molecule has 0 saturated heterocycles. The van der Waals surface area contributed by atoms with E-state index in [0.717, 1.165) is 47.7 Å². The lowest BCUT2D eigenvalue weighted by Gasteiger charge is -1.98. The van der Waals surface area contributed by atoms with Gasteiger partial charge in [0.05, 0.1) is 6.54 Å². The Morgan fingerprint density at radius 1 is 0.667 bits per heavy atom. The summed E-state index contributed by atoms with van der Waals surface area (Å²) in [5.74, 6) is -4.03. The molecule has 0 rings (SSSR count). The fourth-order valence-corrected chi connectivity index (χ4v) is 0.491. The van der Waals surface area contributed by atoms with Gasteiger partial charge in [0.2, 0.25) is 0 Å². The van der Waals surface area contributed by atoms with Gasteiger partial charge in [-0.25, -0.2) is 0 Å². The molecule has 0 bridgehead atoms. The number of nitrogens with one attached hydrogen (secondary N) is 1. The Morgan fingerprint density at radius 3 is 1.07 bits per heavy atom. The Morgan fingerprint density at radius 2 is 0.900 bits per heavy atom. The van der Waals surface area contributed by atoms with E-state index < -0.39 is 29.8 Å². The third kappa shape index (κ3) is 1090. The second kappa shape index (κ2) is 36.5. The Balaban J connectivity index is -0.0000000616. The van der Waals surface area contributed by atoms with Crippen molar-refractivity contribution >= 4 is 35.8 Å². The standard InChI is InChI=1S/C5H15N5.5C2H4O2/c6-1-2-9-3-4-10-5(7)8;5*1-2(3)4/h9H,1-4,6H2,(H4,7,8,10);5*1H3,(H,3,4). The maximum atomic E-state index is 9.00. The second-order valence-corrected chi connectivity index (χ2v) is 4.44. The molecule has 15 heteroatoms. The fourth-order valence-electron chi connectivity index (χ4n) is 0.491. The third-order valence-electron chi connectivity index (χ3n) is 0.904. The smallest absolute Gasteiger partial charge is 0.300 e. The number of hydrogen-bond acceptors (Lipinski definition) is 8. The van der Waals surface area contributed by atoms with Gasteiger partial charge in [-0.2, -0.15) is 0 Å². The molecule has 0 heterocycles. The number of hydrogen-bond donors (Lipinski definition) is 9. The molecule has 0 unspecified atom stereocenters. The van der Waals surface area contributed by atoms with Crippen LogP contribution in [-0.4, -0.2) is 87.5 Å². The number of guanidine groups is 1. The van der Waals surface area contributed by atoms with Gasteiger partial charge in [0, 0.05) is 54.3 Å². The van der Waals surface area contributed by atoms with Gasteiger partial charge in [-0.05, 0) is 0 Å². The number of carbonyl (C=O) groups is 5. The Kier molecular flexibility index (Phi) is 49.9. The van der Waals surface area contributed by atoms with Crippen molar-refractivity contribution < 1.29 is 49.5 Å². The average molecular weight is 445 g/mol. The molecule has 0 aromatic rings. The zero-order valence-electron chi connectivity index (χ0n) is 17.8. The van der Waals surface area contributed by atoms with Gasteiger partial charge in [-0.15, -0.1) is 0 Å². The highest BCUT2D eigenvalue weighted by molar-refractivity contribution is 5.75. The molecule has 0 amide bonds. The van der Waals surface area contributed by atoms with Crippen molar-refractivity contribution in [1.82, 2.24) is 5.32 Å². The molecule has 0 aliphatic carbocycles. The molecule has 0 atom stereocenters. The second-order valence-electron chi connectivity index (χ2n) is 4.44. The van der Waals surface area contributed by atoms with Crippen molar-refractivity contribution in [2.45, 2.75) is 34.6 Å². The minimum absolute atomic E-state index is 0.134. The van der Waals surface area contributed by atoms with E-state index in [4.69, 9.17) is 66.7 Å². The molecule has 180 valence electrons. The predicted molar refractivity (Wildman–Crippen MR) is 109 cm³/mol. The largest absolute Gasteiger partial charge is 0.481 e. The van der Waals surface area contributed by atoms with Crippen molar-refractivity contribution in [3.05, 3.63) is 0 Å². The molecule has 12 N–H and O–H groups in total. The molecule has 0 radical (unpaired) electrons. The number of aliphatic carboxylic acids is 5. The van der Waals surface area contributed by atoms with Crippen LogP contribution in [0.2, 0.25) is 0 Å². The molecule has 30 heavy (non-hydrogen) atoms. The van der Waals surface area contributed by atoms with E-state index in [-0.39, 0.29) is 5.96 Å². The lowest BCUT2D eigenvalue weighted by Crippen LogP contribution is -2.27. The number of nitrogens with zero attached hydrogens (tertiary/aromatic N) is 1. The minimum atomic E-state index is -0.833. The van der Waals surface area contributed by atoms with Gasteiger partial charge >= 0.3 is 0 Å². The van der Waals surface area contributed by atoms with Crippen molar-refractivity contribution in [3.8, 4) is 0 Å². The van der Waals surface area contributed by atoms with Crippen LogP contribution in [0, 0.1) is 0 Å². The van der Waals surface area contributed by atoms with Crippen molar-refractivity contribution in [1.29, 1.82) is 0 Å². The fraction of sp³-hybridized carbons (Fsp3) is 0.600. The molecule has 0 fully saturated rings.